The van der Waals surface area contributed by atoms with Gasteiger partial charge < -0.3 is 10.4 Å². The third kappa shape index (κ3) is 5.30. The summed E-state index contributed by atoms with van der Waals surface area (Å²) in [7, 11) is 1.49. The van der Waals surface area contributed by atoms with Crippen LogP contribution in [0, 0.1) is 0 Å². The largest absolute Gasteiger partial charge is 0.480 e. The molecule has 7 nitrogen and oxygen atoms in total. The molecule has 0 aromatic heterocycles. The average Bonchev–Trinajstić information content (AvgIpc) is 2.84. The highest BCUT2D eigenvalue weighted by Crippen LogP contribution is 2.18. The number of aliphatic carboxylic acids is 1. The predicted octanol–water partition coefficient (Wildman–Crippen LogP) is -1.01. The Kier molecular flexibility index (Phi) is 4.24. The summed E-state index contributed by atoms with van der Waals surface area (Å²) >= 11 is 0. The zero-order valence-electron chi connectivity index (χ0n) is 9.02. The molecule has 7 heteroatoms. The third-order valence-corrected chi connectivity index (χ3v) is 1.98. The monoisotopic (exact) mass is 229 g/mol. The van der Waals surface area contributed by atoms with Gasteiger partial charge >= 0.3 is 12.0 Å². The molecule has 0 aliphatic heterocycles. The van der Waals surface area contributed by atoms with Crippen LogP contribution in [0.1, 0.15) is 12.8 Å². The second kappa shape index (κ2) is 5.45. The normalized spacial score (nSPS) is 14.6. The third-order valence-electron chi connectivity index (χ3n) is 1.98. The van der Waals surface area contributed by atoms with E-state index in [9.17, 15) is 14.4 Å². The number of carboxylic acids is 1. The Bertz CT molecular complexity index is 301. The first-order valence-electron chi connectivity index (χ1n) is 4.98. The Morgan fingerprint density at radius 2 is 1.94 bits per heavy atom. The number of hydrogen-bond acceptors (Lipinski definition) is 4. The van der Waals surface area contributed by atoms with Crippen molar-refractivity contribution in [2.75, 3.05) is 20.1 Å². The highest BCUT2D eigenvalue weighted by atomic mass is 16.4. The molecule has 0 unspecified atom stereocenters. The Morgan fingerprint density at radius 1 is 1.31 bits per heavy atom. The summed E-state index contributed by atoms with van der Waals surface area (Å²) in [5.74, 6) is -1.53. The maximum Gasteiger partial charge on any atom is 0.321 e. The van der Waals surface area contributed by atoms with Gasteiger partial charge in [-0.25, -0.2) is 4.79 Å². The van der Waals surface area contributed by atoms with Crippen molar-refractivity contribution in [3.05, 3.63) is 0 Å². The molecule has 1 aliphatic carbocycles. The number of rotatable bonds is 5. The predicted molar refractivity (Wildman–Crippen MR) is 54.8 cm³/mol. The average molecular weight is 229 g/mol. The zero-order chi connectivity index (χ0) is 12.1. The molecule has 0 atom stereocenters. The van der Waals surface area contributed by atoms with E-state index in [1.165, 1.54) is 11.9 Å². The van der Waals surface area contributed by atoms with Crippen molar-refractivity contribution in [1.82, 2.24) is 15.5 Å². The van der Waals surface area contributed by atoms with Crippen LogP contribution in [-0.2, 0) is 9.59 Å². The SMILES string of the molecule is CN(CC(=O)O)CC(=O)NC(=O)NC1CC1. The maximum atomic E-state index is 11.2. The van der Waals surface area contributed by atoms with Gasteiger partial charge in [-0.2, -0.15) is 0 Å². The lowest BCUT2D eigenvalue weighted by molar-refractivity contribution is -0.138. The lowest BCUT2D eigenvalue weighted by atomic mass is 10.5. The number of carboxylic acid groups (broad SMARTS) is 1. The standard InChI is InChI=1S/C9H15N3O4/c1-12(5-8(14)15)4-7(13)11-9(16)10-6-2-3-6/h6H,2-5H2,1H3,(H,14,15)(H2,10,11,13,16). The molecular weight excluding hydrogens is 214 g/mol. The van der Waals surface area contributed by atoms with E-state index in [2.05, 4.69) is 10.6 Å². The first-order chi connectivity index (χ1) is 7.47. The molecule has 0 aromatic carbocycles. The molecule has 1 aliphatic rings. The first kappa shape index (κ1) is 12.4. The zero-order valence-corrected chi connectivity index (χ0v) is 9.02. The van der Waals surface area contributed by atoms with Gasteiger partial charge in [-0.05, 0) is 19.9 Å². The number of imide groups is 1. The second-order valence-corrected chi connectivity index (χ2v) is 3.86. The lowest BCUT2D eigenvalue weighted by Crippen LogP contribution is -2.45. The van der Waals surface area contributed by atoms with E-state index in [4.69, 9.17) is 5.11 Å². The van der Waals surface area contributed by atoms with Crippen molar-refractivity contribution < 1.29 is 19.5 Å². The molecule has 3 N–H and O–H groups in total. The van der Waals surface area contributed by atoms with E-state index < -0.39 is 17.9 Å². The number of carbonyl (C=O) groups is 3. The molecule has 0 spiro atoms. The topological polar surface area (TPSA) is 98.7 Å². The number of nitrogens with zero attached hydrogens (tertiary/aromatic N) is 1. The Morgan fingerprint density at radius 3 is 2.44 bits per heavy atom. The summed E-state index contributed by atoms with van der Waals surface area (Å²) in [5, 5.41) is 13.2. The number of amides is 3. The molecule has 0 aromatic rings. The highest BCUT2D eigenvalue weighted by Gasteiger charge is 2.24. The Hall–Kier alpha value is -1.63. The van der Waals surface area contributed by atoms with Crippen molar-refractivity contribution in [1.29, 1.82) is 0 Å². The van der Waals surface area contributed by atoms with E-state index in [0.29, 0.717) is 0 Å². The Balaban J connectivity index is 2.18. The summed E-state index contributed by atoms with van der Waals surface area (Å²) in [4.78, 5) is 34.0. The van der Waals surface area contributed by atoms with E-state index in [1.54, 1.807) is 0 Å². The quantitative estimate of drug-likeness (QED) is 0.561. The van der Waals surface area contributed by atoms with E-state index in [1.807, 2.05) is 0 Å². The minimum atomic E-state index is -1.02. The molecule has 0 heterocycles. The van der Waals surface area contributed by atoms with Crippen LogP contribution in [0.25, 0.3) is 0 Å². The van der Waals surface area contributed by atoms with Crippen LogP contribution in [0.3, 0.4) is 0 Å². The number of urea groups is 1. The number of hydrogen-bond donors (Lipinski definition) is 3. The summed E-state index contributed by atoms with van der Waals surface area (Å²) in [5.41, 5.74) is 0. The fourth-order valence-corrected chi connectivity index (χ4v) is 1.15. The van der Waals surface area contributed by atoms with Gasteiger partial charge in [0.1, 0.15) is 0 Å². The summed E-state index contributed by atoms with van der Waals surface area (Å²) in [6, 6.07) is -0.333. The van der Waals surface area contributed by atoms with Gasteiger partial charge in [-0.3, -0.25) is 19.8 Å². The number of likely N-dealkylation sites (N-methyl/N-ethyl adjacent to an activating group) is 1. The van der Waals surface area contributed by atoms with Crippen molar-refractivity contribution in [3.8, 4) is 0 Å². The molecule has 1 fully saturated rings. The van der Waals surface area contributed by atoms with E-state index >= 15 is 0 Å². The van der Waals surface area contributed by atoms with Crippen molar-refractivity contribution >= 4 is 17.9 Å². The van der Waals surface area contributed by atoms with Crippen LogP contribution >= 0.6 is 0 Å². The van der Waals surface area contributed by atoms with E-state index in [0.717, 1.165) is 12.8 Å². The molecular formula is C9H15N3O4. The van der Waals surface area contributed by atoms with Crippen LogP contribution in [-0.4, -0.2) is 54.1 Å². The van der Waals surface area contributed by atoms with Gasteiger partial charge in [0.05, 0.1) is 13.1 Å². The van der Waals surface area contributed by atoms with Gasteiger partial charge in [-0.15, -0.1) is 0 Å². The summed E-state index contributed by atoms with van der Waals surface area (Å²) in [6.07, 6.45) is 1.89. The summed E-state index contributed by atoms with van der Waals surface area (Å²) < 4.78 is 0. The molecule has 1 saturated carbocycles. The van der Waals surface area contributed by atoms with Crippen LogP contribution in [0.5, 0.6) is 0 Å². The fraction of sp³-hybridized carbons (Fsp3) is 0.667. The van der Waals surface area contributed by atoms with Crippen LogP contribution in [0.4, 0.5) is 4.79 Å². The highest BCUT2D eigenvalue weighted by molar-refractivity contribution is 5.95. The molecule has 0 radical (unpaired) electrons. The van der Waals surface area contributed by atoms with Crippen molar-refractivity contribution in [2.24, 2.45) is 0 Å². The smallest absolute Gasteiger partial charge is 0.321 e. The minimum Gasteiger partial charge on any atom is -0.480 e. The Labute approximate surface area is 92.8 Å². The van der Waals surface area contributed by atoms with E-state index in [-0.39, 0.29) is 19.1 Å². The molecule has 0 bridgehead atoms. The number of carbonyl (C=O) groups excluding carboxylic acids is 2. The van der Waals surface area contributed by atoms with Gasteiger partial charge in [0.15, 0.2) is 0 Å². The first-order valence-corrected chi connectivity index (χ1v) is 4.98. The summed E-state index contributed by atoms with van der Waals surface area (Å²) in [6.45, 7) is -0.359. The molecule has 90 valence electrons. The fourth-order valence-electron chi connectivity index (χ4n) is 1.15. The second-order valence-electron chi connectivity index (χ2n) is 3.86. The van der Waals surface area contributed by atoms with Crippen molar-refractivity contribution in [3.63, 3.8) is 0 Å². The van der Waals surface area contributed by atoms with Crippen LogP contribution in [0.15, 0.2) is 0 Å². The molecule has 3 amide bonds. The van der Waals surface area contributed by atoms with Gasteiger partial charge in [-0.1, -0.05) is 0 Å². The minimum absolute atomic E-state index is 0.121. The van der Waals surface area contributed by atoms with Crippen LogP contribution in [0.2, 0.25) is 0 Å². The van der Waals surface area contributed by atoms with Crippen molar-refractivity contribution in [2.45, 2.75) is 18.9 Å². The number of nitrogens with one attached hydrogen (secondary N) is 2. The van der Waals surface area contributed by atoms with Crippen LogP contribution < -0.4 is 10.6 Å². The van der Waals surface area contributed by atoms with Gasteiger partial charge in [0.25, 0.3) is 0 Å². The molecule has 16 heavy (non-hydrogen) atoms. The van der Waals surface area contributed by atoms with Gasteiger partial charge in [0, 0.05) is 6.04 Å². The molecule has 1 rings (SSSR count). The lowest BCUT2D eigenvalue weighted by Gasteiger charge is -2.13. The molecule has 0 saturated heterocycles. The maximum absolute atomic E-state index is 11.2. The van der Waals surface area contributed by atoms with Gasteiger partial charge in [0.2, 0.25) is 5.91 Å².